The van der Waals surface area contributed by atoms with Crippen molar-refractivity contribution in [3.8, 4) is 0 Å². The second kappa shape index (κ2) is 2.75. The first kappa shape index (κ1) is 7.81. The number of carbonyl (C=O) groups is 2. The highest BCUT2D eigenvalue weighted by molar-refractivity contribution is 6.42. The Balaban J connectivity index is 2.83. The Morgan fingerprint density at radius 3 is 2.73 bits per heavy atom. The van der Waals surface area contributed by atoms with E-state index in [1.165, 1.54) is 0 Å². The van der Waals surface area contributed by atoms with Gasteiger partial charge in [0.05, 0.1) is 6.08 Å². The predicted octanol–water partition coefficient (Wildman–Crippen LogP) is 0.634. The lowest BCUT2D eigenvalue weighted by Crippen LogP contribution is -1.96. The number of carboxylic acids is 1. The molecule has 0 aromatic carbocycles. The zero-order valence-corrected chi connectivity index (χ0v) is 5.96. The fraction of sp³-hybridized carbons (Fsp3) is 0. The predicted molar refractivity (Wildman–Crippen MR) is 35.7 cm³/mol. The molecule has 0 aromatic rings. The molecule has 0 atom stereocenters. The summed E-state index contributed by atoms with van der Waals surface area (Å²) in [6.45, 7) is 0. The summed E-state index contributed by atoms with van der Waals surface area (Å²) >= 11 is 5.29. The maximum Gasteiger partial charge on any atom is 0.355 e. The summed E-state index contributed by atoms with van der Waals surface area (Å²) in [7, 11) is 0. The quantitative estimate of drug-likeness (QED) is 0.468. The van der Waals surface area contributed by atoms with Crippen LogP contribution in [0.3, 0.4) is 0 Å². The largest absolute Gasteiger partial charge is 0.478 e. The number of halogens is 1. The molecule has 1 heterocycles. The van der Waals surface area contributed by atoms with Crippen LogP contribution in [0.5, 0.6) is 0 Å². The Morgan fingerprint density at radius 1 is 1.73 bits per heavy atom. The SMILES string of the molecule is O=C(O)/C=C1/C=C(Cl)C(=O)O1. The first-order valence-electron chi connectivity index (χ1n) is 2.63. The number of esters is 1. The number of hydrogen-bond donors (Lipinski definition) is 1. The Hall–Kier alpha value is -1.29. The normalized spacial score (nSPS) is 19.9. The number of hydrogen-bond acceptors (Lipinski definition) is 3. The van der Waals surface area contributed by atoms with Crippen molar-refractivity contribution in [2.24, 2.45) is 0 Å². The molecule has 58 valence electrons. The van der Waals surface area contributed by atoms with Crippen LogP contribution in [0.1, 0.15) is 0 Å². The van der Waals surface area contributed by atoms with Gasteiger partial charge < -0.3 is 9.84 Å². The van der Waals surface area contributed by atoms with Crippen LogP contribution in [-0.4, -0.2) is 17.0 Å². The van der Waals surface area contributed by atoms with Gasteiger partial charge in [-0.25, -0.2) is 9.59 Å². The van der Waals surface area contributed by atoms with Crippen molar-refractivity contribution in [1.82, 2.24) is 0 Å². The first-order chi connectivity index (χ1) is 5.09. The number of carbonyl (C=O) groups excluding carboxylic acids is 1. The van der Waals surface area contributed by atoms with Gasteiger partial charge in [0.15, 0.2) is 0 Å². The lowest BCUT2D eigenvalue weighted by molar-refractivity contribution is -0.133. The van der Waals surface area contributed by atoms with E-state index in [9.17, 15) is 9.59 Å². The van der Waals surface area contributed by atoms with E-state index in [0.717, 1.165) is 12.2 Å². The summed E-state index contributed by atoms with van der Waals surface area (Å²) in [5, 5.41) is 8.09. The van der Waals surface area contributed by atoms with Gasteiger partial charge in [0.25, 0.3) is 0 Å². The van der Waals surface area contributed by atoms with Crippen LogP contribution in [0.4, 0.5) is 0 Å². The lowest BCUT2D eigenvalue weighted by Gasteiger charge is -1.90. The van der Waals surface area contributed by atoms with E-state index in [4.69, 9.17) is 16.7 Å². The summed E-state index contributed by atoms with van der Waals surface area (Å²) in [6, 6.07) is 0. The molecule has 1 rings (SSSR count). The van der Waals surface area contributed by atoms with E-state index in [1.54, 1.807) is 0 Å². The van der Waals surface area contributed by atoms with Crippen molar-refractivity contribution in [2.75, 3.05) is 0 Å². The highest BCUT2D eigenvalue weighted by Crippen LogP contribution is 2.19. The average Bonchev–Trinajstić information content (AvgIpc) is 2.10. The van der Waals surface area contributed by atoms with E-state index >= 15 is 0 Å². The van der Waals surface area contributed by atoms with Crippen molar-refractivity contribution in [3.63, 3.8) is 0 Å². The molecule has 0 bridgehead atoms. The minimum atomic E-state index is -1.18. The van der Waals surface area contributed by atoms with Crippen LogP contribution >= 0.6 is 11.6 Å². The zero-order valence-electron chi connectivity index (χ0n) is 5.20. The standard InChI is InChI=1S/C6H3ClO4/c7-4-1-3(2-5(8)9)11-6(4)10/h1-2H,(H,8,9)/b3-2-. The van der Waals surface area contributed by atoms with Gasteiger partial charge in [0, 0.05) is 6.08 Å². The molecule has 1 N–H and O–H groups in total. The van der Waals surface area contributed by atoms with Crippen molar-refractivity contribution >= 4 is 23.5 Å². The third-order valence-electron chi connectivity index (χ3n) is 0.940. The second-order valence-corrected chi connectivity index (χ2v) is 2.17. The maximum atomic E-state index is 10.5. The molecule has 0 saturated carbocycles. The van der Waals surface area contributed by atoms with Crippen LogP contribution in [0, 0.1) is 0 Å². The van der Waals surface area contributed by atoms with Crippen LogP contribution in [-0.2, 0) is 14.3 Å². The third kappa shape index (κ3) is 1.81. The molecule has 0 aromatic heterocycles. The Labute approximate surface area is 66.7 Å². The minimum Gasteiger partial charge on any atom is -0.478 e. The molecule has 0 spiro atoms. The lowest BCUT2D eigenvalue weighted by atomic mass is 10.4. The number of carboxylic acid groups (broad SMARTS) is 1. The van der Waals surface area contributed by atoms with Crippen molar-refractivity contribution in [1.29, 1.82) is 0 Å². The summed E-state index contributed by atoms with van der Waals surface area (Å²) in [5.74, 6) is -1.96. The Bertz CT molecular complexity index is 276. The van der Waals surface area contributed by atoms with E-state index in [0.29, 0.717) is 0 Å². The summed E-state index contributed by atoms with van der Waals surface area (Å²) < 4.78 is 4.40. The number of allylic oxidation sites excluding steroid dienone is 1. The van der Waals surface area contributed by atoms with Crippen LogP contribution in [0.15, 0.2) is 22.9 Å². The Morgan fingerprint density at radius 2 is 2.36 bits per heavy atom. The summed E-state index contributed by atoms with van der Waals surface area (Å²) in [6.07, 6.45) is 1.91. The van der Waals surface area contributed by atoms with Crippen LogP contribution in [0.25, 0.3) is 0 Å². The molecule has 0 radical (unpaired) electrons. The molecule has 0 amide bonds. The van der Waals surface area contributed by atoms with E-state index in [2.05, 4.69) is 4.74 Å². The molecule has 0 aliphatic carbocycles. The molecule has 4 nitrogen and oxygen atoms in total. The van der Waals surface area contributed by atoms with Crippen molar-refractivity contribution in [3.05, 3.63) is 22.9 Å². The van der Waals surface area contributed by atoms with E-state index < -0.39 is 11.9 Å². The van der Waals surface area contributed by atoms with Gasteiger partial charge in [-0.1, -0.05) is 11.6 Å². The third-order valence-corrected chi connectivity index (χ3v) is 1.20. The molecule has 1 aliphatic heterocycles. The fourth-order valence-electron chi connectivity index (χ4n) is 0.562. The van der Waals surface area contributed by atoms with Gasteiger partial charge in [-0.3, -0.25) is 0 Å². The second-order valence-electron chi connectivity index (χ2n) is 1.77. The number of aliphatic carboxylic acids is 1. The van der Waals surface area contributed by atoms with E-state index in [1.807, 2.05) is 0 Å². The fourth-order valence-corrected chi connectivity index (χ4v) is 0.708. The molecular weight excluding hydrogens is 172 g/mol. The zero-order chi connectivity index (χ0) is 8.43. The van der Waals surface area contributed by atoms with Crippen LogP contribution < -0.4 is 0 Å². The van der Waals surface area contributed by atoms with Crippen molar-refractivity contribution < 1.29 is 19.4 Å². The summed E-state index contributed by atoms with van der Waals surface area (Å²) in [5.41, 5.74) is 0. The van der Waals surface area contributed by atoms with Crippen LogP contribution in [0.2, 0.25) is 0 Å². The molecule has 11 heavy (non-hydrogen) atoms. The smallest absolute Gasteiger partial charge is 0.355 e. The molecule has 1 aliphatic rings. The number of rotatable bonds is 1. The van der Waals surface area contributed by atoms with Gasteiger partial charge >= 0.3 is 11.9 Å². The number of cyclic esters (lactones) is 1. The van der Waals surface area contributed by atoms with Crippen molar-refractivity contribution in [2.45, 2.75) is 0 Å². The number of ether oxygens (including phenoxy) is 1. The Kier molecular flexibility index (Phi) is 1.96. The molecule has 5 heteroatoms. The summed E-state index contributed by atoms with van der Waals surface area (Å²) in [4.78, 5) is 20.5. The molecule has 0 unspecified atom stereocenters. The highest BCUT2D eigenvalue weighted by atomic mass is 35.5. The van der Waals surface area contributed by atoms with Gasteiger partial charge in [0.2, 0.25) is 0 Å². The van der Waals surface area contributed by atoms with Gasteiger partial charge in [-0.15, -0.1) is 0 Å². The van der Waals surface area contributed by atoms with Gasteiger partial charge in [-0.2, -0.15) is 0 Å². The molecule has 0 saturated heterocycles. The maximum absolute atomic E-state index is 10.5. The minimum absolute atomic E-state index is 0.0486. The monoisotopic (exact) mass is 174 g/mol. The first-order valence-corrected chi connectivity index (χ1v) is 3.01. The molecule has 0 fully saturated rings. The topological polar surface area (TPSA) is 63.6 Å². The van der Waals surface area contributed by atoms with Gasteiger partial charge in [-0.05, 0) is 0 Å². The van der Waals surface area contributed by atoms with E-state index in [-0.39, 0.29) is 10.8 Å². The average molecular weight is 175 g/mol. The van der Waals surface area contributed by atoms with Gasteiger partial charge in [0.1, 0.15) is 10.8 Å². The molecular formula is C6H3ClO4. The highest BCUT2D eigenvalue weighted by Gasteiger charge is 2.19.